The molecule has 2 heterocycles. The van der Waals surface area contributed by atoms with E-state index in [1.165, 1.54) is 12.1 Å². The molecule has 3 aromatic rings. The van der Waals surface area contributed by atoms with Crippen molar-refractivity contribution in [2.45, 2.75) is 13.0 Å². The Morgan fingerprint density at radius 2 is 1.90 bits per heavy atom. The number of nitrogens with one attached hydrogen (secondary N) is 2. The van der Waals surface area contributed by atoms with E-state index in [-0.39, 0.29) is 11.9 Å². The fourth-order valence-electron chi connectivity index (χ4n) is 2.12. The summed E-state index contributed by atoms with van der Waals surface area (Å²) in [5, 5.41) is 9.33. The van der Waals surface area contributed by atoms with Gasteiger partial charge in [0.05, 0.1) is 5.39 Å². The highest BCUT2D eigenvalue weighted by Crippen LogP contribution is 2.29. The zero-order valence-electron chi connectivity index (χ0n) is 11.7. The van der Waals surface area contributed by atoms with E-state index in [0.717, 1.165) is 21.6 Å². The second-order valence-electron chi connectivity index (χ2n) is 4.70. The normalized spacial score (nSPS) is 12.3. The molecule has 0 radical (unpaired) electrons. The molecule has 1 atom stereocenters. The van der Waals surface area contributed by atoms with Gasteiger partial charge in [0, 0.05) is 13.1 Å². The monoisotopic (exact) mass is 302 g/mol. The molecule has 108 valence electrons. The van der Waals surface area contributed by atoms with Gasteiger partial charge in [0.25, 0.3) is 0 Å². The SMILES string of the molecule is CNc1nc(NC(C)c2ccc(F)cc2)c2ccsc2n1. The van der Waals surface area contributed by atoms with E-state index in [9.17, 15) is 4.39 Å². The van der Waals surface area contributed by atoms with E-state index >= 15 is 0 Å². The van der Waals surface area contributed by atoms with Crippen molar-refractivity contribution in [3.63, 3.8) is 0 Å². The molecule has 1 aromatic carbocycles. The maximum absolute atomic E-state index is 13.0. The molecule has 0 spiro atoms. The topological polar surface area (TPSA) is 49.8 Å². The molecule has 6 heteroatoms. The number of halogens is 1. The van der Waals surface area contributed by atoms with Gasteiger partial charge >= 0.3 is 0 Å². The van der Waals surface area contributed by atoms with Crippen LogP contribution in [0.3, 0.4) is 0 Å². The smallest absolute Gasteiger partial charge is 0.225 e. The minimum atomic E-state index is -0.231. The van der Waals surface area contributed by atoms with Crippen molar-refractivity contribution < 1.29 is 4.39 Å². The number of fused-ring (bicyclic) bond motifs is 1. The Balaban J connectivity index is 1.93. The fraction of sp³-hybridized carbons (Fsp3) is 0.200. The van der Waals surface area contributed by atoms with Crippen molar-refractivity contribution in [2.24, 2.45) is 0 Å². The molecule has 2 N–H and O–H groups in total. The molecule has 0 fully saturated rings. The third-order valence-electron chi connectivity index (χ3n) is 3.27. The van der Waals surface area contributed by atoms with Crippen LogP contribution in [0.15, 0.2) is 35.7 Å². The van der Waals surface area contributed by atoms with Crippen LogP contribution in [0.4, 0.5) is 16.2 Å². The van der Waals surface area contributed by atoms with E-state index in [2.05, 4.69) is 20.6 Å². The largest absolute Gasteiger partial charge is 0.363 e. The van der Waals surface area contributed by atoms with Gasteiger partial charge in [0.2, 0.25) is 5.95 Å². The molecule has 0 aliphatic heterocycles. The number of nitrogens with zero attached hydrogens (tertiary/aromatic N) is 2. The fourth-order valence-corrected chi connectivity index (χ4v) is 2.88. The van der Waals surface area contributed by atoms with Crippen LogP contribution in [-0.2, 0) is 0 Å². The summed E-state index contributed by atoms with van der Waals surface area (Å²) in [5.41, 5.74) is 1.00. The Labute approximate surface area is 126 Å². The van der Waals surface area contributed by atoms with Crippen LogP contribution in [0.2, 0.25) is 0 Å². The van der Waals surface area contributed by atoms with E-state index in [1.807, 2.05) is 18.4 Å². The molecule has 3 rings (SSSR count). The average Bonchev–Trinajstić information content (AvgIpc) is 2.96. The summed E-state index contributed by atoms with van der Waals surface area (Å²) in [4.78, 5) is 9.82. The third kappa shape index (κ3) is 2.80. The lowest BCUT2D eigenvalue weighted by atomic mass is 10.1. The number of thiophene rings is 1. The molecule has 1 unspecified atom stereocenters. The first-order valence-corrected chi connectivity index (χ1v) is 7.50. The lowest BCUT2D eigenvalue weighted by Gasteiger charge is -2.16. The third-order valence-corrected chi connectivity index (χ3v) is 4.08. The number of anilines is 2. The van der Waals surface area contributed by atoms with E-state index < -0.39 is 0 Å². The van der Waals surface area contributed by atoms with Gasteiger partial charge in [0.1, 0.15) is 16.5 Å². The molecule has 0 saturated heterocycles. The zero-order valence-corrected chi connectivity index (χ0v) is 12.5. The molecular formula is C15H15FN4S. The number of hydrogen-bond donors (Lipinski definition) is 2. The molecule has 21 heavy (non-hydrogen) atoms. The van der Waals surface area contributed by atoms with Crippen LogP contribution in [0, 0.1) is 5.82 Å². The first-order chi connectivity index (χ1) is 10.2. The summed E-state index contributed by atoms with van der Waals surface area (Å²) in [6.45, 7) is 2.02. The van der Waals surface area contributed by atoms with Crippen molar-refractivity contribution >= 4 is 33.3 Å². The summed E-state index contributed by atoms with van der Waals surface area (Å²) in [6, 6.07) is 8.50. The van der Waals surface area contributed by atoms with Crippen molar-refractivity contribution in [1.82, 2.24) is 9.97 Å². The number of rotatable bonds is 4. The number of benzene rings is 1. The van der Waals surface area contributed by atoms with Crippen LogP contribution in [0.25, 0.3) is 10.2 Å². The van der Waals surface area contributed by atoms with Gasteiger partial charge in [-0.15, -0.1) is 11.3 Å². The summed E-state index contributed by atoms with van der Waals surface area (Å²) >= 11 is 1.58. The zero-order chi connectivity index (χ0) is 14.8. The quantitative estimate of drug-likeness (QED) is 0.763. The molecule has 2 aromatic heterocycles. The van der Waals surface area contributed by atoms with Crippen LogP contribution < -0.4 is 10.6 Å². The Kier molecular flexibility index (Phi) is 3.70. The highest BCUT2D eigenvalue weighted by atomic mass is 32.1. The molecule has 4 nitrogen and oxygen atoms in total. The molecule has 0 amide bonds. The minimum absolute atomic E-state index is 0.0216. The van der Waals surface area contributed by atoms with Crippen LogP contribution in [0.5, 0.6) is 0 Å². The molecule has 0 aliphatic rings. The molecule has 0 aliphatic carbocycles. The summed E-state index contributed by atoms with van der Waals surface area (Å²) < 4.78 is 13.0. The van der Waals surface area contributed by atoms with Gasteiger partial charge in [-0.3, -0.25) is 0 Å². The van der Waals surface area contributed by atoms with Gasteiger partial charge < -0.3 is 10.6 Å². The van der Waals surface area contributed by atoms with Crippen LogP contribution in [0.1, 0.15) is 18.5 Å². The molecule has 0 bridgehead atoms. The van der Waals surface area contributed by atoms with Crippen LogP contribution in [-0.4, -0.2) is 17.0 Å². The predicted molar refractivity (Wildman–Crippen MR) is 85.4 cm³/mol. The molecule has 0 saturated carbocycles. The second-order valence-corrected chi connectivity index (χ2v) is 5.60. The number of aromatic nitrogens is 2. The Morgan fingerprint density at radius 3 is 2.62 bits per heavy atom. The maximum atomic E-state index is 13.0. The first-order valence-electron chi connectivity index (χ1n) is 6.62. The Morgan fingerprint density at radius 1 is 1.14 bits per heavy atom. The summed E-state index contributed by atoms with van der Waals surface area (Å²) in [7, 11) is 1.79. The highest BCUT2D eigenvalue weighted by molar-refractivity contribution is 7.16. The first kappa shape index (κ1) is 13.8. The summed E-state index contributed by atoms with van der Waals surface area (Å²) in [6.07, 6.45) is 0. The maximum Gasteiger partial charge on any atom is 0.225 e. The predicted octanol–water partition coefficient (Wildman–Crippen LogP) is 4.05. The van der Waals surface area contributed by atoms with Crippen molar-refractivity contribution in [3.05, 3.63) is 47.1 Å². The minimum Gasteiger partial charge on any atom is -0.363 e. The van der Waals surface area contributed by atoms with Gasteiger partial charge in [-0.1, -0.05) is 12.1 Å². The van der Waals surface area contributed by atoms with Crippen molar-refractivity contribution in [2.75, 3.05) is 17.7 Å². The lowest BCUT2D eigenvalue weighted by molar-refractivity contribution is 0.626. The van der Waals surface area contributed by atoms with Gasteiger partial charge in [-0.2, -0.15) is 4.98 Å². The van der Waals surface area contributed by atoms with E-state index in [4.69, 9.17) is 0 Å². The molecular weight excluding hydrogens is 287 g/mol. The lowest BCUT2D eigenvalue weighted by Crippen LogP contribution is -2.09. The van der Waals surface area contributed by atoms with Gasteiger partial charge in [-0.05, 0) is 36.1 Å². The average molecular weight is 302 g/mol. The van der Waals surface area contributed by atoms with Gasteiger partial charge in [0.15, 0.2) is 0 Å². The van der Waals surface area contributed by atoms with Crippen molar-refractivity contribution in [3.8, 4) is 0 Å². The van der Waals surface area contributed by atoms with Crippen LogP contribution >= 0.6 is 11.3 Å². The number of hydrogen-bond acceptors (Lipinski definition) is 5. The standard InChI is InChI=1S/C15H15FN4S/c1-9(10-3-5-11(16)6-4-10)18-13-12-7-8-21-14(12)20-15(17-2)19-13/h3-9H,1-2H3,(H2,17,18,19,20). The second kappa shape index (κ2) is 5.65. The summed E-state index contributed by atoms with van der Waals surface area (Å²) in [5.74, 6) is 1.13. The van der Waals surface area contributed by atoms with E-state index in [0.29, 0.717) is 5.95 Å². The van der Waals surface area contributed by atoms with Crippen molar-refractivity contribution in [1.29, 1.82) is 0 Å². The van der Waals surface area contributed by atoms with Gasteiger partial charge in [-0.25, -0.2) is 9.37 Å². The Hall–Kier alpha value is -2.21. The highest BCUT2D eigenvalue weighted by Gasteiger charge is 2.12. The Bertz CT molecular complexity index is 754. The van der Waals surface area contributed by atoms with E-state index in [1.54, 1.807) is 30.5 Å².